The fourth-order valence-electron chi connectivity index (χ4n) is 4.11. The fraction of sp³-hybridized carbons (Fsp3) is 0.944. The van der Waals surface area contributed by atoms with E-state index in [4.69, 9.17) is 16.3 Å². The van der Waals surface area contributed by atoms with Crippen molar-refractivity contribution in [2.45, 2.75) is 80.4 Å². The first-order chi connectivity index (χ1) is 12.7. The summed E-state index contributed by atoms with van der Waals surface area (Å²) in [6, 6.07) is -0.934. The second-order valence-electron chi connectivity index (χ2n) is 7.73. The van der Waals surface area contributed by atoms with Crippen molar-refractivity contribution in [1.82, 2.24) is 10.2 Å². The number of halogens is 1. The Morgan fingerprint density at radius 3 is 2.56 bits per heavy atom. The molecule has 2 heterocycles. The van der Waals surface area contributed by atoms with Gasteiger partial charge in [-0.25, -0.2) is 0 Å². The number of hydrogen-bond acceptors (Lipinski definition) is 7. The standard InChI is InChI=1S/C18H33ClN2O5S/c1-5-6-10-7-11(21(3)8-10)17(25)20-12(9(2)19)16-14(23)13(22)15(24)18(26-16)27-4/h9-16,18,22-24H,5-8H2,1-4H3,(H,20,25)/t9-,10+,11+,12-,13+,14-,15-,16-,18+/m1/s1. The van der Waals surface area contributed by atoms with Gasteiger partial charge in [0, 0.05) is 6.54 Å². The third kappa shape index (κ3) is 5.29. The summed E-state index contributed by atoms with van der Waals surface area (Å²) in [6.07, 6.45) is -0.0980. The highest BCUT2D eigenvalue weighted by Gasteiger charge is 2.48. The molecule has 2 aliphatic heterocycles. The molecule has 0 unspecified atom stereocenters. The lowest BCUT2D eigenvalue weighted by Crippen LogP contribution is -2.65. The van der Waals surface area contributed by atoms with Gasteiger partial charge in [0.1, 0.15) is 29.9 Å². The number of nitrogens with zero attached hydrogens (tertiary/aromatic N) is 1. The smallest absolute Gasteiger partial charge is 0.237 e. The van der Waals surface area contributed by atoms with Crippen molar-refractivity contribution in [3.63, 3.8) is 0 Å². The Kier molecular flexibility index (Phi) is 8.67. The second-order valence-corrected chi connectivity index (χ2v) is 9.36. The first kappa shape index (κ1) is 23.2. The molecule has 4 N–H and O–H groups in total. The molecule has 9 atom stereocenters. The minimum absolute atomic E-state index is 0.147. The van der Waals surface area contributed by atoms with E-state index in [0.29, 0.717) is 5.92 Å². The average Bonchev–Trinajstić information content (AvgIpc) is 2.99. The molecule has 0 spiro atoms. The summed E-state index contributed by atoms with van der Waals surface area (Å²) in [7, 11) is 1.94. The number of rotatable bonds is 7. The Morgan fingerprint density at radius 2 is 2.00 bits per heavy atom. The van der Waals surface area contributed by atoms with Gasteiger partial charge in [-0.05, 0) is 39.0 Å². The molecule has 0 aromatic carbocycles. The summed E-state index contributed by atoms with van der Waals surface area (Å²) in [5.74, 6) is 0.350. The Hall–Kier alpha value is -0.0900. The number of alkyl halides is 1. The molecular formula is C18H33ClN2O5S. The highest BCUT2D eigenvalue weighted by atomic mass is 35.5. The van der Waals surface area contributed by atoms with Crippen LogP contribution in [0.4, 0.5) is 0 Å². The number of hydrogen-bond donors (Lipinski definition) is 4. The van der Waals surface area contributed by atoms with Gasteiger partial charge < -0.3 is 25.4 Å². The maximum absolute atomic E-state index is 12.9. The fourth-order valence-corrected chi connectivity index (χ4v) is 5.00. The molecule has 9 heteroatoms. The van der Waals surface area contributed by atoms with Crippen LogP contribution in [-0.2, 0) is 9.53 Å². The van der Waals surface area contributed by atoms with Crippen molar-refractivity contribution in [2.24, 2.45) is 5.92 Å². The maximum Gasteiger partial charge on any atom is 0.237 e. The van der Waals surface area contributed by atoms with Gasteiger partial charge in [-0.1, -0.05) is 13.3 Å². The van der Waals surface area contributed by atoms with Gasteiger partial charge >= 0.3 is 0 Å². The maximum atomic E-state index is 12.9. The van der Waals surface area contributed by atoms with Crippen molar-refractivity contribution in [1.29, 1.82) is 0 Å². The van der Waals surface area contributed by atoms with E-state index in [-0.39, 0.29) is 11.9 Å². The molecular weight excluding hydrogens is 392 g/mol. The number of likely N-dealkylation sites (tertiary alicyclic amines) is 1. The number of aliphatic hydroxyl groups is 3. The third-order valence-corrected chi connectivity index (χ3v) is 6.76. The van der Waals surface area contributed by atoms with Crippen LogP contribution in [0, 0.1) is 5.92 Å². The molecule has 7 nitrogen and oxygen atoms in total. The monoisotopic (exact) mass is 424 g/mol. The van der Waals surface area contributed by atoms with E-state index in [0.717, 1.165) is 25.8 Å². The first-order valence-electron chi connectivity index (χ1n) is 9.58. The van der Waals surface area contributed by atoms with Gasteiger partial charge in [0.25, 0.3) is 0 Å². The lowest BCUT2D eigenvalue weighted by Gasteiger charge is -2.44. The Bertz CT molecular complexity index is 498. The average molecular weight is 425 g/mol. The highest BCUT2D eigenvalue weighted by molar-refractivity contribution is 7.99. The van der Waals surface area contributed by atoms with Gasteiger partial charge in [0.15, 0.2) is 0 Å². The Morgan fingerprint density at radius 1 is 1.33 bits per heavy atom. The van der Waals surface area contributed by atoms with E-state index in [2.05, 4.69) is 12.2 Å². The predicted octanol–water partition coefficient (Wildman–Crippen LogP) is 0.390. The molecule has 0 aliphatic carbocycles. The summed E-state index contributed by atoms with van der Waals surface area (Å²) < 4.78 is 5.79. The molecule has 158 valence electrons. The number of thioether (sulfide) groups is 1. The van der Waals surface area contributed by atoms with Crippen molar-refractivity contribution < 1.29 is 24.9 Å². The minimum atomic E-state index is -1.36. The molecule has 0 radical (unpaired) electrons. The van der Waals surface area contributed by atoms with Gasteiger partial charge in [0.05, 0.1) is 17.5 Å². The van der Waals surface area contributed by atoms with Crippen molar-refractivity contribution in [3.05, 3.63) is 0 Å². The molecule has 2 saturated heterocycles. The van der Waals surface area contributed by atoms with Gasteiger partial charge in [-0.2, -0.15) is 0 Å². The van der Waals surface area contributed by atoms with E-state index in [1.54, 1.807) is 13.2 Å². The predicted molar refractivity (Wildman–Crippen MR) is 107 cm³/mol. The number of ether oxygens (including phenoxy) is 1. The van der Waals surface area contributed by atoms with Crippen LogP contribution in [0.5, 0.6) is 0 Å². The third-order valence-electron chi connectivity index (χ3n) is 5.63. The Balaban J connectivity index is 2.09. The minimum Gasteiger partial charge on any atom is -0.388 e. The highest BCUT2D eigenvalue weighted by Crippen LogP contribution is 2.31. The summed E-state index contributed by atoms with van der Waals surface area (Å²) in [6.45, 7) is 4.74. The number of amides is 1. The number of carbonyl (C=O) groups excluding carboxylic acids is 1. The summed E-state index contributed by atoms with van der Waals surface area (Å²) >= 11 is 7.55. The van der Waals surface area contributed by atoms with Gasteiger partial charge in [-0.3, -0.25) is 9.69 Å². The number of carbonyl (C=O) groups is 1. The molecule has 2 fully saturated rings. The summed E-state index contributed by atoms with van der Waals surface area (Å²) in [5, 5.41) is 33.0. The van der Waals surface area contributed by atoms with E-state index in [9.17, 15) is 20.1 Å². The normalized spacial score (nSPS) is 39.9. The largest absolute Gasteiger partial charge is 0.388 e. The van der Waals surface area contributed by atoms with Crippen LogP contribution in [0.3, 0.4) is 0 Å². The van der Waals surface area contributed by atoms with Crippen LogP contribution in [0.25, 0.3) is 0 Å². The van der Waals surface area contributed by atoms with Gasteiger partial charge in [0.2, 0.25) is 5.91 Å². The van der Waals surface area contributed by atoms with Crippen LogP contribution in [0.1, 0.15) is 33.1 Å². The van der Waals surface area contributed by atoms with Gasteiger partial charge in [-0.15, -0.1) is 23.4 Å². The SMILES string of the molecule is CCC[C@H]1C[C@@H](C(=O)N[C@@H]([C@H]2O[C@@H](SC)[C@H](O)[C@@H](O)[C@H]2O)[C@@H](C)Cl)N(C)C1. The first-order valence-corrected chi connectivity index (χ1v) is 11.3. The van der Waals surface area contributed by atoms with Crippen LogP contribution < -0.4 is 5.32 Å². The molecule has 0 bridgehead atoms. The molecule has 1 amide bonds. The lowest BCUT2D eigenvalue weighted by atomic mass is 9.92. The number of likely N-dealkylation sites (N-methyl/N-ethyl adjacent to an activating group) is 1. The van der Waals surface area contributed by atoms with E-state index >= 15 is 0 Å². The zero-order valence-corrected chi connectivity index (χ0v) is 18.0. The molecule has 2 aliphatic rings. The quantitative estimate of drug-likeness (QED) is 0.438. The zero-order chi connectivity index (χ0) is 20.3. The van der Waals surface area contributed by atoms with Crippen LogP contribution in [0.2, 0.25) is 0 Å². The lowest BCUT2D eigenvalue weighted by molar-refractivity contribution is -0.205. The Labute approximate surface area is 170 Å². The molecule has 27 heavy (non-hydrogen) atoms. The number of nitrogens with one attached hydrogen (secondary N) is 1. The van der Waals surface area contributed by atoms with E-state index < -0.39 is 41.3 Å². The molecule has 2 rings (SSSR count). The van der Waals surface area contributed by atoms with Crippen LogP contribution in [-0.4, -0.2) is 93.3 Å². The molecule has 0 aromatic heterocycles. The van der Waals surface area contributed by atoms with Crippen molar-refractivity contribution in [3.8, 4) is 0 Å². The molecule has 0 aromatic rings. The summed E-state index contributed by atoms with van der Waals surface area (Å²) in [5.41, 5.74) is -0.702. The van der Waals surface area contributed by atoms with Crippen LogP contribution >= 0.6 is 23.4 Å². The van der Waals surface area contributed by atoms with Crippen molar-refractivity contribution >= 4 is 29.3 Å². The topological polar surface area (TPSA) is 102 Å². The van der Waals surface area contributed by atoms with Crippen LogP contribution in [0.15, 0.2) is 0 Å². The molecule has 0 saturated carbocycles. The second kappa shape index (κ2) is 10.1. The number of aliphatic hydroxyl groups excluding tert-OH is 3. The van der Waals surface area contributed by atoms with E-state index in [1.165, 1.54) is 11.8 Å². The zero-order valence-electron chi connectivity index (χ0n) is 16.4. The summed E-state index contributed by atoms with van der Waals surface area (Å²) in [4.78, 5) is 14.9. The van der Waals surface area contributed by atoms with E-state index in [1.807, 2.05) is 11.9 Å². The van der Waals surface area contributed by atoms with Crippen molar-refractivity contribution in [2.75, 3.05) is 19.8 Å².